The van der Waals surface area contributed by atoms with Crippen molar-refractivity contribution in [1.82, 2.24) is 14.1 Å². The van der Waals surface area contributed by atoms with Crippen LogP contribution in [-0.2, 0) is 10.0 Å². The molecule has 4 rings (SSSR count). The van der Waals surface area contributed by atoms with Crippen molar-refractivity contribution in [2.45, 2.75) is 11.8 Å². The van der Waals surface area contributed by atoms with Gasteiger partial charge in [0, 0.05) is 25.2 Å². The molecule has 2 heterocycles. The number of aromatic nitrogens is 2. The van der Waals surface area contributed by atoms with Crippen LogP contribution in [0.25, 0.3) is 15.9 Å². The topological polar surface area (TPSA) is 84.3 Å². The summed E-state index contributed by atoms with van der Waals surface area (Å²) in [5, 5.41) is 8.07. The lowest BCUT2D eigenvalue weighted by Crippen LogP contribution is -2.22. The number of anilines is 1. The lowest BCUT2D eigenvalue weighted by atomic mass is 10.3. The summed E-state index contributed by atoms with van der Waals surface area (Å²) in [5.74, 6) is -0.695. The molecule has 31 heavy (non-hydrogen) atoms. The number of hydrogen-bond acceptors (Lipinski definition) is 5. The molecule has 0 bridgehead atoms. The molecule has 0 aliphatic carbocycles. The van der Waals surface area contributed by atoms with Crippen LogP contribution in [0, 0.1) is 12.7 Å². The zero-order chi connectivity index (χ0) is 22.3. The first-order valence-corrected chi connectivity index (χ1v) is 11.5. The number of fused-ring (bicyclic) bond motifs is 1. The second-order valence-corrected chi connectivity index (χ2v) is 10.3. The predicted octanol–water partition coefficient (Wildman–Crippen LogP) is 4.04. The minimum absolute atomic E-state index is 0.0921. The molecule has 4 aromatic rings. The highest BCUT2D eigenvalue weighted by molar-refractivity contribution is 7.89. The quantitative estimate of drug-likeness (QED) is 0.489. The van der Waals surface area contributed by atoms with E-state index in [4.69, 9.17) is 0 Å². The zero-order valence-electron chi connectivity index (χ0n) is 17.0. The van der Waals surface area contributed by atoms with Gasteiger partial charge >= 0.3 is 0 Å². The van der Waals surface area contributed by atoms with E-state index < -0.39 is 10.0 Å². The number of thiophene rings is 1. The number of benzene rings is 2. The molecule has 0 radical (unpaired) electrons. The Morgan fingerprint density at radius 1 is 1.13 bits per heavy atom. The van der Waals surface area contributed by atoms with E-state index in [-0.39, 0.29) is 16.6 Å². The standard InChI is InChI=1S/C21H19FN4O3S2/c1-13-18-12-19(30-21(18)26(24-13)16-9-7-14(22)8-10-16)20(27)23-15-5-4-6-17(11-15)31(28,29)25(2)3/h4-12H,1-3H3,(H,23,27). The van der Waals surface area contributed by atoms with Gasteiger partial charge in [-0.25, -0.2) is 21.8 Å². The van der Waals surface area contributed by atoms with Crippen molar-refractivity contribution < 1.29 is 17.6 Å². The van der Waals surface area contributed by atoms with E-state index in [1.165, 1.54) is 49.7 Å². The Hall–Kier alpha value is -3.08. The zero-order valence-corrected chi connectivity index (χ0v) is 18.6. The van der Waals surface area contributed by atoms with Gasteiger partial charge in [-0.2, -0.15) is 5.10 Å². The van der Waals surface area contributed by atoms with E-state index in [0.29, 0.717) is 16.3 Å². The van der Waals surface area contributed by atoms with Gasteiger partial charge in [0.2, 0.25) is 10.0 Å². The summed E-state index contributed by atoms with van der Waals surface area (Å²) in [5.41, 5.74) is 1.81. The van der Waals surface area contributed by atoms with Crippen LogP contribution in [0.5, 0.6) is 0 Å². The van der Waals surface area contributed by atoms with Gasteiger partial charge in [0.15, 0.2) is 0 Å². The Bertz CT molecular complexity index is 1390. The van der Waals surface area contributed by atoms with Gasteiger partial charge in [-0.15, -0.1) is 11.3 Å². The number of carbonyl (C=O) groups excluding carboxylic acids is 1. The molecule has 0 aliphatic rings. The van der Waals surface area contributed by atoms with E-state index in [2.05, 4.69) is 10.4 Å². The molecule has 0 saturated carbocycles. The molecule has 0 atom stereocenters. The van der Waals surface area contributed by atoms with E-state index >= 15 is 0 Å². The van der Waals surface area contributed by atoms with E-state index in [1.807, 2.05) is 6.92 Å². The number of nitrogens with zero attached hydrogens (tertiary/aromatic N) is 3. The van der Waals surface area contributed by atoms with Crippen LogP contribution in [0.1, 0.15) is 15.4 Å². The lowest BCUT2D eigenvalue weighted by molar-refractivity contribution is 0.103. The molecule has 10 heteroatoms. The molecule has 2 aromatic heterocycles. The maximum atomic E-state index is 13.3. The van der Waals surface area contributed by atoms with Gasteiger partial charge in [0.25, 0.3) is 5.91 Å². The maximum absolute atomic E-state index is 13.3. The summed E-state index contributed by atoms with van der Waals surface area (Å²) in [6.07, 6.45) is 0. The van der Waals surface area contributed by atoms with Crippen LogP contribution < -0.4 is 5.32 Å². The minimum Gasteiger partial charge on any atom is -0.321 e. The molecule has 0 spiro atoms. The minimum atomic E-state index is -3.61. The third-order valence-corrected chi connectivity index (χ3v) is 7.63. The number of carbonyl (C=O) groups is 1. The summed E-state index contributed by atoms with van der Waals surface area (Å²) < 4.78 is 40.7. The SMILES string of the molecule is Cc1nn(-c2ccc(F)cc2)c2sc(C(=O)Nc3cccc(S(=O)(=O)N(C)C)c3)cc12. The Morgan fingerprint density at radius 3 is 2.52 bits per heavy atom. The molecule has 0 saturated heterocycles. The Kier molecular flexibility index (Phi) is 5.38. The molecule has 0 unspecified atom stereocenters. The average molecular weight is 459 g/mol. The molecule has 7 nitrogen and oxygen atoms in total. The first kappa shape index (κ1) is 21.2. The molecule has 0 fully saturated rings. The van der Waals surface area contributed by atoms with Crippen molar-refractivity contribution >= 4 is 43.2 Å². The first-order valence-electron chi connectivity index (χ1n) is 9.26. The molecule has 160 valence electrons. The van der Waals surface area contributed by atoms with E-state index in [1.54, 1.807) is 35.0 Å². The number of halogens is 1. The third-order valence-electron chi connectivity index (χ3n) is 4.71. The second-order valence-electron chi connectivity index (χ2n) is 7.07. The summed E-state index contributed by atoms with van der Waals surface area (Å²) in [6.45, 7) is 1.84. The van der Waals surface area contributed by atoms with Crippen LogP contribution in [0.4, 0.5) is 10.1 Å². The van der Waals surface area contributed by atoms with Gasteiger partial charge in [-0.3, -0.25) is 4.79 Å². The Labute approximate surface area is 182 Å². The van der Waals surface area contributed by atoms with Crippen LogP contribution in [-0.4, -0.2) is 42.5 Å². The molecule has 1 N–H and O–H groups in total. The van der Waals surface area contributed by atoms with Crippen LogP contribution in [0.15, 0.2) is 59.5 Å². The van der Waals surface area contributed by atoms with Crippen LogP contribution in [0.3, 0.4) is 0 Å². The summed E-state index contributed by atoms with van der Waals surface area (Å²) in [7, 11) is -0.712. The Morgan fingerprint density at radius 2 is 1.84 bits per heavy atom. The normalized spacial score (nSPS) is 11.9. The molecule has 0 aliphatic heterocycles. The fraction of sp³-hybridized carbons (Fsp3) is 0.143. The number of hydrogen-bond donors (Lipinski definition) is 1. The Balaban J connectivity index is 1.65. The second kappa shape index (κ2) is 7.88. The fourth-order valence-electron chi connectivity index (χ4n) is 3.05. The van der Waals surface area contributed by atoms with Crippen LogP contribution in [0.2, 0.25) is 0 Å². The molecule has 1 amide bonds. The highest BCUT2D eigenvalue weighted by atomic mass is 32.2. The van der Waals surface area contributed by atoms with E-state index in [9.17, 15) is 17.6 Å². The summed E-state index contributed by atoms with van der Waals surface area (Å²) >= 11 is 1.25. The maximum Gasteiger partial charge on any atom is 0.265 e. The highest BCUT2D eigenvalue weighted by Crippen LogP contribution is 2.31. The van der Waals surface area contributed by atoms with Gasteiger partial charge in [0.1, 0.15) is 10.6 Å². The molecule has 2 aromatic carbocycles. The highest BCUT2D eigenvalue weighted by Gasteiger charge is 2.20. The largest absolute Gasteiger partial charge is 0.321 e. The summed E-state index contributed by atoms with van der Waals surface area (Å²) in [4.78, 5) is 14.1. The van der Waals surface area contributed by atoms with Crippen molar-refractivity contribution in [3.8, 4) is 5.69 Å². The monoisotopic (exact) mass is 458 g/mol. The lowest BCUT2D eigenvalue weighted by Gasteiger charge is -2.12. The van der Waals surface area contributed by atoms with Crippen molar-refractivity contribution in [2.75, 3.05) is 19.4 Å². The average Bonchev–Trinajstić information content (AvgIpc) is 3.30. The van der Waals surface area contributed by atoms with Crippen molar-refractivity contribution in [2.24, 2.45) is 0 Å². The number of rotatable bonds is 5. The van der Waals surface area contributed by atoms with Crippen LogP contribution >= 0.6 is 11.3 Å². The van der Waals surface area contributed by atoms with E-state index in [0.717, 1.165) is 20.2 Å². The third kappa shape index (κ3) is 3.97. The van der Waals surface area contributed by atoms with Gasteiger partial charge < -0.3 is 5.32 Å². The van der Waals surface area contributed by atoms with Gasteiger partial charge in [0.05, 0.1) is 21.2 Å². The number of aryl methyl sites for hydroxylation is 1. The van der Waals surface area contributed by atoms with Gasteiger partial charge in [-0.05, 0) is 55.5 Å². The first-order chi connectivity index (χ1) is 14.7. The van der Waals surface area contributed by atoms with Crippen molar-refractivity contribution in [3.63, 3.8) is 0 Å². The number of sulfonamides is 1. The number of amides is 1. The van der Waals surface area contributed by atoms with Gasteiger partial charge in [-0.1, -0.05) is 6.07 Å². The predicted molar refractivity (Wildman–Crippen MR) is 119 cm³/mol. The molecular formula is C21H19FN4O3S2. The summed E-state index contributed by atoms with van der Waals surface area (Å²) in [6, 6.07) is 13.8. The molecular weight excluding hydrogens is 439 g/mol. The fourth-order valence-corrected chi connectivity index (χ4v) is 5.08. The van der Waals surface area contributed by atoms with Crippen molar-refractivity contribution in [1.29, 1.82) is 0 Å². The number of nitrogens with one attached hydrogen (secondary N) is 1. The van der Waals surface area contributed by atoms with Crippen molar-refractivity contribution in [3.05, 3.63) is 71.0 Å². The smallest absolute Gasteiger partial charge is 0.265 e.